The van der Waals surface area contributed by atoms with Crippen molar-refractivity contribution < 1.29 is 47.3 Å². The molecule has 51 heavy (non-hydrogen) atoms. The minimum absolute atomic E-state index is 0.131. The fourth-order valence-electron chi connectivity index (χ4n) is 6.52. The Hall–Kier alpha value is -3.46. The molecule has 2 aromatic heterocycles. The molecule has 14 nitrogen and oxygen atoms in total. The van der Waals surface area contributed by atoms with Crippen LogP contribution in [-0.4, -0.2) is 80.4 Å². The number of amides is 1. The Morgan fingerprint density at radius 3 is 2.53 bits per heavy atom. The Labute approximate surface area is 297 Å². The van der Waals surface area contributed by atoms with Crippen molar-refractivity contribution in [3.63, 3.8) is 0 Å². The molecule has 2 aliphatic rings. The Morgan fingerprint density at radius 1 is 1.12 bits per heavy atom. The summed E-state index contributed by atoms with van der Waals surface area (Å²) in [6.07, 6.45) is 3.84. The van der Waals surface area contributed by atoms with Gasteiger partial charge in [-0.3, -0.25) is 14.1 Å². The number of carbonyl (C=O) groups is 2. The normalized spacial score (nSPS) is 24.3. The highest BCUT2D eigenvalue weighted by Gasteiger charge is 2.57. The van der Waals surface area contributed by atoms with Crippen LogP contribution in [0.15, 0.2) is 48.8 Å². The molecular formula is C35H49FN5O9P. The van der Waals surface area contributed by atoms with Gasteiger partial charge >= 0.3 is 13.7 Å². The average molecular weight is 734 g/mol. The summed E-state index contributed by atoms with van der Waals surface area (Å²) >= 11 is 0. The molecule has 1 amide bonds. The quantitative estimate of drug-likeness (QED) is 0.104. The number of para-hydroxylation sites is 1. The number of aliphatic hydroxyl groups is 2. The molecule has 0 spiro atoms. The van der Waals surface area contributed by atoms with E-state index in [1.54, 1.807) is 30.3 Å². The molecule has 280 valence electrons. The molecule has 16 heteroatoms. The Balaban J connectivity index is 1.32. The van der Waals surface area contributed by atoms with Crippen molar-refractivity contribution in [2.45, 2.75) is 102 Å². The lowest BCUT2D eigenvalue weighted by Gasteiger charge is -2.31. The Morgan fingerprint density at radius 2 is 1.84 bits per heavy atom. The van der Waals surface area contributed by atoms with Crippen LogP contribution >= 0.6 is 7.75 Å². The first kappa shape index (κ1) is 38.8. The third kappa shape index (κ3) is 9.32. The summed E-state index contributed by atoms with van der Waals surface area (Å²) in [4.78, 5) is 29.9. The number of hydrogen-bond donors (Lipinski definition) is 4. The fourth-order valence-corrected chi connectivity index (χ4v) is 8.07. The molecule has 4 N–H and O–H groups in total. The monoisotopic (exact) mass is 733 g/mol. The third-order valence-electron chi connectivity index (χ3n) is 9.76. The van der Waals surface area contributed by atoms with Crippen LogP contribution in [0.2, 0.25) is 0 Å². The smallest absolute Gasteiger partial charge is 0.459 e. The van der Waals surface area contributed by atoms with Gasteiger partial charge in [0.15, 0.2) is 5.82 Å². The number of rotatable bonds is 17. The van der Waals surface area contributed by atoms with E-state index < -0.39 is 57.0 Å². The van der Waals surface area contributed by atoms with Gasteiger partial charge in [0.25, 0.3) is 0 Å². The van der Waals surface area contributed by atoms with Gasteiger partial charge in [-0.05, 0) is 55.9 Å². The number of ether oxygens (including phenoxy) is 2. The van der Waals surface area contributed by atoms with E-state index in [1.165, 1.54) is 36.3 Å². The van der Waals surface area contributed by atoms with E-state index in [0.29, 0.717) is 17.9 Å². The molecular weight excluding hydrogens is 684 g/mol. The first-order chi connectivity index (χ1) is 24.5. The topological polar surface area (TPSA) is 183 Å². The summed E-state index contributed by atoms with van der Waals surface area (Å²) in [5.74, 6) is 0.00128. The van der Waals surface area contributed by atoms with Gasteiger partial charge in [-0.2, -0.15) is 10.2 Å². The maximum absolute atomic E-state index is 15.0. The minimum Gasteiger partial charge on any atom is -0.464 e. The lowest BCUT2D eigenvalue weighted by atomic mass is 9.87. The maximum Gasteiger partial charge on any atom is 0.459 e. The second kappa shape index (κ2) is 17.4. The zero-order valence-corrected chi connectivity index (χ0v) is 30.2. The Kier molecular flexibility index (Phi) is 13.2. The van der Waals surface area contributed by atoms with Gasteiger partial charge in [0.2, 0.25) is 5.91 Å². The first-order valence-corrected chi connectivity index (χ1v) is 19.2. The van der Waals surface area contributed by atoms with Gasteiger partial charge in [-0.1, -0.05) is 64.2 Å². The molecule has 5 rings (SSSR count). The van der Waals surface area contributed by atoms with Crippen molar-refractivity contribution in [3.05, 3.63) is 54.5 Å². The van der Waals surface area contributed by atoms with Gasteiger partial charge in [-0.25, -0.2) is 18.5 Å². The predicted molar refractivity (Wildman–Crippen MR) is 186 cm³/mol. The molecule has 1 aliphatic heterocycles. The maximum atomic E-state index is 15.0. The highest BCUT2D eigenvalue weighted by Crippen LogP contribution is 2.49. The number of fused-ring (bicyclic) bond motifs is 1. The minimum atomic E-state index is -4.48. The standard InChI is InChI=1S/C35H49FN5O9P/c1-4-24(5-2)19-47-34(45)23(3)40-51(46,50-26-14-10-7-11-15-26)48-21-35(20-36)32(44)30(43)31(49-35)27-16-17-28-33(37-22-38-41(27)28)39-29(42)18-25-12-8-6-9-13-25/h7,10-11,14-17,22-25,30-32,43-44H,4-6,8-9,12-13,18-21H2,1-3H3,(H,40,46)(H,37,38,39,42)/t23-,30-,31-,32-,35+,51?/m0/s1. The van der Waals surface area contributed by atoms with Crippen LogP contribution in [0.3, 0.4) is 0 Å². The number of hydrogen-bond acceptors (Lipinski definition) is 11. The van der Waals surface area contributed by atoms with Gasteiger partial charge in [-0.15, -0.1) is 0 Å². The lowest BCUT2D eigenvalue weighted by Crippen LogP contribution is -2.49. The molecule has 0 bridgehead atoms. The van der Waals surface area contributed by atoms with E-state index in [0.717, 1.165) is 38.5 Å². The molecule has 1 saturated heterocycles. The van der Waals surface area contributed by atoms with Crippen molar-refractivity contribution in [1.82, 2.24) is 19.7 Å². The highest BCUT2D eigenvalue weighted by molar-refractivity contribution is 7.52. The molecule has 1 aliphatic carbocycles. The van der Waals surface area contributed by atoms with Crippen molar-refractivity contribution in [1.29, 1.82) is 0 Å². The number of esters is 1. The van der Waals surface area contributed by atoms with Crippen molar-refractivity contribution >= 4 is 31.0 Å². The van der Waals surface area contributed by atoms with Crippen LogP contribution in [-0.2, 0) is 28.2 Å². The summed E-state index contributed by atoms with van der Waals surface area (Å²) in [7, 11) is -4.48. The van der Waals surface area contributed by atoms with Crippen LogP contribution in [0.5, 0.6) is 5.75 Å². The van der Waals surface area contributed by atoms with E-state index in [4.69, 9.17) is 18.5 Å². The second-order valence-electron chi connectivity index (χ2n) is 13.4. The van der Waals surface area contributed by atoms with Crippen LogP contribution in [0.4, 0.5) is 10.2 Å². The highest BCUT2D eigenvalue weighted by atomic mass is 31.2. The molecule has 2 fully saturated rings. The molecule has 1 unspecified atom stereocenters. The van der Waals surface area contributed by atoms with Gasteiger partial charge < -0.3 is 29.5 Å². The number of alkyl halides is 1. The van der Waals surface area contributed by atoms with E-state index >= 15 is 0 Å². The average Bonchev–Trinajstić information content (AvgIpc) is 3.67. The van der Waals surface area contributed by atoms with Crippen molar-refractivity contribution in [3.8, 4) is 5.75 Å². The largest absolute Gasteiger partial charge is 0.464 e. The van der Waals surface area contributed by atoms with Gasteiger partial charge in [0.05, 0.1) is 18.9 Å². The van der Waals surface area contributed by atoms with Gasteiger partial charge in [0.1, 0.15) is 54.2 Å². The fraction of sp³-hybridized carbons (Fsp3) is 0.600. The number of carbonyl (C=O) groups excluding carboxylic acids is 2. The van der Waals surface area contributed by atoms with E-state index in [9.17, 15) is 28.8 Å². The SMILES string of the molecule is CCC(CC)COC(=O)[C@H](C)NP(=O)(OC[C@@]1(CF)O[C@@H](c2ccc3c(NC(=O)CC4CCCCC4)ncnn23)[C@H](O)[C@@H]1O)Oc1ccccc1. The van der Waals surface area contributed by atoms with Crippen LogP contribution in [0.1, 0.15) is 83.9 Å². The molecule has 0 radical (unpaired) electrons. The van der Waals surface area contributed by atoms with Crippen molar-refractivity contribution in [2.75, 3.05) is 25.2 Å². The summed E-state index contributed by atoms with van der Waals surface area (Å²) in [5, 5.41) is 32.0. The number of aromatic nitrogens is 3. The number of halogens is 1. The summed E-state index contributed by atoms with van der Waals surface area (Å²) in [5.41, 5.74) is -1.55. The zero-order chi connectivity index (χ0) is 36.6. The lowest BCUT2D eigenvalue weighted by molar-refractivity contribution is -0.147. The number of anilines is 1. The number of aliphatic hydroxyl groups excluding tert-OH is 2. The number of benzene rings is 1. The molecule has 3 heterocycles. The first-order valence-electron chi connectivity index (χ1n) is 17.7. The zero-order valence-electron chi connectivity index (χ0n) is 29.3. The summed E-state index contributed by atoms with van der Waals surface area (Å²) in [6, 6.07) is 10.1. The summed E-state index contributed by atoms with van der Waals surface area (Å²) < 4.78 is 53.3. The molecule has 6 atom stereocenters. The predicted octanol–water partition coefficient (Wildman–Crippen LogP) is 5.30. The Bertz CT molecular complexity index is 1650. The second-order valence-corrected chi connectivity index (χ2v) is 15.1. The third-order valence-corrected chi connectivity index (χ3v) is 11.4. The van der Waals surface area contributed by atoms with E-state index in [2.05, 4.69) is 20.5 Å². The molecule has 3 aromatic rings. The van der Waals surface area contributed by atoms with E-state index in [-0.39, 0.29) is 35.7 Å². The van der Waals surface area contributed by atoms with Crippen LogP contribution in [0, 0.1) is 11.8 Å². The van der Waals surface area contributed by atoms with Crippen LogP contribution < -0.4 is 14.9 Å². The van der Waals surface area contributed by atoms with Gasteiger partial charge in [0, 0.05) is 6.42 Å². The van der Waals surface area contributed by atoms with Crippen LogP contribution in [0.25, 0.3) is 5.52 Å². The molecule has 1 saturated carbocycles. The summed E-state index contributed by atoms with van der Waals surface area (Å²) in [6.45, 7) is 3.40. The molecule has 1 aromatic carbocycles. The number of nitrogens with zero attached hydrogens (tertiary/aromatic N) is 3. The van der Waals surface area contributed by atoms with E-state index in [1.807, 2.05) is 13.8 Å². The van der Waals surface area contributed by atoms with Crippen molar-refractivity contribution in [2.24, 2.45) is 11.8 Å². The number of nitrogens with one attached hydrogen (secondary N) is 2.